The minimum atomic E-state index is -0.271. The molecule has 5 nitrogen and oxygen atoms in total. The highest BCUT2D eigenvalue weighted by Gasteiger charge is 2.30. The number of hydrogen-bond donors (Lipinski definition) is 2. The van der Waals surface area contributed by atoms with E-state index in [-0.39, 0.29) is 12.0 Å². The molecule has 1 heterocycles. The van der Waals surface area contributed by atoms with E-state index < -0.39 is 0 Å². The Bertz CT molecular complexity index is 645. The number of aliphatic hydroxyl groups excluding tert-OH is 1. The molecule has 1 aromatic rings. The molecule has 3 rings (SSSR count). The van der Waals surface area contributed by atoms with E-state index >= 15 is 0 Å². The van der Waals surface area contributed by atoms with Gasteiger partial charge in [-0.2, -0.15) is 5.26 Å². The third kappa shape index (κ3) is 4.15. The Labute approximate surface area is 147 Å². The van der Waals surface area contributed by atoms with E-state index in [1.165, 1.54) is 11.3 Å². The number of rotatable bonds is 7. The number of hydrogen-bond acceptors (Lipinski definition) is 5. The Balaban J connectivity index is 1.51. The largest absolute Gasteiger partial charge is 0.392 e. The summed E-state index contributed by atoms with van der Waals surface area (Å²) in [7, 11) is 1.93. The van der Waals surface area contributed by atoms with Crippen molar-refractivity contribution < 1.29 is 9.90 Å². The van der Waals surface area contributed by atoms with E-state index in [0.717, 1.165) is 42.7 Å². The molecule has 24 heavy (non-hydrogen) atoms. The Kier molecular flexibility index (Phi) is 5.54. The third-order valence-electron chi connectivity index (χ3n) is 4.92. The SMILES string of the molecule is CN(CCC(=O)Nc1sc2c(c1C#N)CCCC2)CC(O)C1CC1. The standard InChI is InChI=1S/C18H25N3O2S/c1-21(11-15(22)12-6-7-12)9-8-17(23)20-18-14(10-19)13-4-2-3-5-16(13)24-18/h12,15,22H,2-9,11H2,1H3,(H,20,23). The molecule has 1 aromatic heterocycles. The lowest BCUT2D eigenvalue weighted by Crippen LogP contribution is -2.32. The van der Waals surface area contributed by atoms with Crippen molar-refractivity contribution in [1.82, 2.24) is 4.90 Å². The summed E-state index contributed by atoms with van der Waals surface area (Å²) in [6.07, 6.45) is 6.61. The van der Waals surface area contributed by atoms with E-state index in [2.05, 4.69) is 11.4 Å². The van der Waals surface area contributed by atoms with Gasteiger partial charge in [-0.1, -0.05) is 0 Å². The maximum absolute atomic E-state index is 12.2. The second kappa shape index (κ2) is 7.64. The monoisotopic (exact) mass is 347 g/mol. The molecule has 6 heteroatoms. The molecule has 1 saturated carbocycles. The summed E-state index contributed by atoms with van der Waals surface area (Å²) < 4.78 is 0. The van der Waals surface area contributed by atoms with Gasteiger partial charge in [-0.3, -0.25) is 4.79 Å². The average molecular weight is 347 g/mol. The fraction of sp³-hybridized carbons (Fsp3) is 0.667. The van der Waals surface area contributed by atoms with Crippen LogP contribution in [0.5, 0.6) is 0 Å². The molecule has 0 aromatic carbocycles. The molecule has 0 bridgehead atoms. The maximum atomic E-state index is 12.2. The van der Waals surface area contributed by atoms with Crippen molar-refractivity contribution in [2.75, 3.05) is 25.5 Å². The Hall–Kier alpha value is -1.42. The predicted molar refractivity (Wildman–Crippen MR) is 95.2 cm³/mol. The molecule has 1 fully saturated rings. The summed E-state index contributed by atoms with van der Waals surface area (Å²) in [6, 6.07) is 2.27. The number of aliphatic hydroxyl groups is 1. The van der Waals surface area contributed by atoms with Gasteiger partial charge in [0.2, 0.25) is 5.91 Å². The van der Waals surface area contributed by atoms with Gasteiger partial charge in [0, 0.05) is 24.4 Å². The van der Waals surface area contributed by atoms with Crippen molar-refractivity contribution in [2.24, 2.45) is 5.92 Å². The fourth-order valence-corrected chi connectivity index (χ4v) is 4.55. The molecule has 1 unspecified atom stereocenters. The molecule has 1 atom stereocenters. The number of aryl methyl sites for hydroxylation is 1. The lowest BCUT2D eigenvalue weighted by Gasteiger charge is -2.19. The number of carbonyl (C=O) groups is 1. The van der Waals surface area contributed by atoms with Gasteiger partial charge in [0.25, 0.3) is 0 Å². The number of anilines is 1. The Morgan fingerprint density at radius 1 is 1.46 bits per heavy atom. The van der Waals surface area contributed by atoms with E-state index in [4.69, 9.17) is 0 Å². The molecular weight excluding hydrogens is 322 g/mol. The number of nitrogens with one attached hydrogen (secondary N) is 1. The summed E-state index contributed by atoms with van der Waals surface area (Å²) in [4.78, 5) is 15.5. The van der Waals surface area contributed by atoms with Crippen LogP contribution in [0.1, 0.15) is 48.1 Å². The van der Waals surface area contributed by atoms with Crippen molar-refractivity contribution in [3.8, 4) is 6.07 Å². The molecule has 1 amide bonds. The Morgan fingerprint density at radius 2 is 2.21 bits per heavy atom. The molecule has 2 N–H and O–H groups in total. The number of likely N-dealkylation sites (N-methyl/N-ethyl adjacent to an activating group) is 1. The smallest absolute Gasteiger partial charge is 0.226 e. The van der Waals surface area contributed by atoms with Crippen LogP contribution in [0.3, 0.4) is 0 Å². The first-order valence-electron chi connectivity index (χ1n) is 8.79. The molecule has 2 aliphatic carbocycles. The summed E-state index contributed by atoms with van der Waals surface area (Å²) >= 11 is 1.56. The molecule has 0 spiro atoms. The zero-order valence-electron chi connectivity index (χ0n) is 14.2. The zero-order valence-corrected chi connectivity index (χ0v) is 15.0. The molecule has 2 aliphatic rings. The minimum absolute atomic E-state index is 0.0575. The van der Waals surface area contributed by atoms with Gasteiger partial charge in [0.15, 0.2) is 0 Å². The van der Waals surface area contributed by atoms with Crippen LogP contribution in [0.2, 0.25) is 0 Å². The maximum Gasteiger partial charge on any atom is 0.226 e. The number of carbonyl (C=O) groups excluding carboxylic acids is 1. The average Bonchev–Trinajstić information content (AvgIpc) is 3.35. The van der Waals surface area contributed by atoms with Crippen molar-refractivity contribution in [3.05, 3.63) is 16.0 Å². The van der Waals surface area contributed by atoms with Gasteiger partial charge in [0.05, 0.1) is 11.7 Å². The van der Waals surface area contributed by atoms with Gasteiger partial charge in [-0.25, -0.2) is 0 Å². The normalized spacial score (nSPS) is 18.1. The van der Waals surface area contributed by atoms with Crippen LogP contribution >= 0.6 is 11.3 Å². The minimum Gasteiger partial charge on any atom is -0.392 e. The highest BCUT2D eigenvalue weighted by molar-refractivity contribution is 7.16. The van der Waals surface area contributed by atoms with Gasteiger partial charge < -0.3 is 15.3 Å². The highest BCUT2D eigenvalue weighted by Crippen LogP contribution is 2.37. The van der Waals surface area contributed by atoms with Crippen LogP contribution in [-0.4, -0.2) is 42.2 Å². The molecular formula is C18H25N3O2S. The van der Waals surface area contributed by atoms with Crippen LogP contribution in [-0.2, 0) is 17.6 Å². The van der Waals surface area contributed by atoms with Crippen LogP contribution in [0.4, 0.5) is 5.00 Å². The number of fused-ring (bicyclic) bond motifs is 1. The lowest BCUT2D eigenvalue weighted by molar-refractivity contribution is -0.116. The number of thiophene rings is 1. The first-order valence-corrected chi connectivity index (χ1v) is 9.61. The summed E-state index contributed by atoms with van der Waals surface area (Å²) in [5.74, 6) is 0.398. The first-order chi connectivity index (χ1) is 11.6. The van der Waals surface area contributed by atoms with Crippen molar-refractivity contribution in [1.29, 1.82) is 5.26 Å². The van der Waals surface area contributed by atoms with E-state index in [9.17, 15) is 15.2 Å². The molecule has 0 radical (unpaired) electrons. The Morgan fingerprint density at radius 3 is 2.92 bits per heavy atom. The van der Waals surface area contributed by atoms with Crippen molar-refractivity contribution in [3.63, 3.8) is 0 Å². The van der Waals surface area contributed by atoms with Gasteiger partial charge in [-0.15, -0.1) is 11.3 Å². The summed E-state index contributed by atoms with van der Waals surface area (Å²) in [5, 5.41) is 23.0. The van der Waals surface area contributed by atoms with Crippen molar-refractivity contribution in [2.45, 2.75) is 51.0 Å². The zero-order chi connectivity index (χ0) is 17.1. The van der Waals surface area contributed by atoms with Crippen LogP contribution in [0.25, 0.3) is 0 Å². The number of nitriles is 1. The second-order valence-electron chi connectivity index (χ2n) is 6.99. The first kappa shape index (κ1) is 17.4. The van der Waals surface area contributed by atoms with Gasteiger partial charge in [0.1, 0.15) is 11.1 Å². The summed E-state index contributed by atoms with van der Waals surface area (Å²) in [6.45, 7) is 1.23. The topological polar surface area (TPSA) is 76.4 Å². The van der Waals surface area contributed by atoms with Crippen molar-refractivity contribution >= 4 is 22.2 Å². The van der Waals surface area contributed by atoms with Crippen LogP contribution in [0, 0.1) is 17.2 Å². The van der Waals surface area contributed by atoms with E-state index in [1.54, 1.807) is 11.3 Å². The van der Waals surface area contributed by atoms with Crippen LogP contribution < -0.4 is 5.32 Å². The molecule has 0 aliphatic heterocycles. The lowest BCUT2D eigenvalue weighted by atomic mass is 9.96. The highest BCUT2D eigenvalue weighted by atomic mass is 32.1. The van der Waals surface area contributed by atoms with E-state index in [1.807, 2.05) is 11.9 Å². The quantitative estimate of drug-likeness (QED) is 0.795. The summed E-state index contributed by atoms with van der Waals surface area (Å²) in [5.41, 5.74) is 1.81. The second-order valence-corrected chi connectivity index (χ2v) is 8.10. The van der Waals surface area contributed by atoms with Gasteiger partial charge in [-0.05, 0) is 57.1 Å². The van der Waals surface area contributed by atoms with Gasteiger partial charge >= 0.3 is 0 Å². The predicted octanol–water partition coefficient (Wildman–Crippen LogP) is 2.53. The molecule has 130 valence electrons. The van der Waals surface area contributed by atoms with Crippen LogP contribution in [0.15, 0.2) is 0 Å². The third-order valence-corrected chi connectivity index (χ3v) is 6.13. The number of nitrogens with zero attached hydrogens (tertiary/aromatic N) is 2. The van der Waals surface area contributed by atoms with E-state index in [0.29, 0.717) is 31.0 Å². The molecule has 0 saturated heterocycles. The fourth-order valence-electron chi connectivity index (χ4n) is 3.29. The number of amides is 1.